The minimum Gasteiger partial charge on any atom is -0.367 e. The van der Waals surface area contributed by atoms with E-state index in [0.29, 0.717) is 0 Å². The number of morpholine rings is 1. The van der Waals surface area contributed by atoms with Crippen molar-refractivity contribution in [2.75, 3.05) is 26.2 Å². The lowest BCUT2D eigenvalue weighted by atomic mass is 9.77. The molecule has 3 nitrogen and oxygen atoms in total. The van der Waals surface area contributed by atoms with E-state index < -0.39 is 0 Å². The molecule has 2 aliphatic rings. The second-order valence-electron chi connectivity index (χ2n) is 7.24. The quantitative estimate of drug-likeness (QED) is 0.833. The fourth-order valence-electron chi connectivity index (χ4n) is 3.68. The van der Waals surface area contributed by atoms with Crippen LogP contribution in [0.25, 0.3) is 0 Å². The molecule has 1 saturated carbocycles. The van der Waals surface area contributed by atoms with E-state index in [9.17, 15) is 0 Å². The van der Waals surface area contributed by atoms with Gasteiger partial charge in [0.1, 0.15) is 0 Å². The number of ether oxygens (including phenoxy) is 1. The van der Waals surface area contributed by atoms with Crippen molar-refractivity contribution in [3.63, 3.8) is 0 Å². The second kappa shape index (κ2) is 5.10. The molecule has 0 spiro atoms. The van der Waals surface area contributed by atoms with Gasteiger partial charge < -0.3 is 10.1 Å². The summed E-state index contributed by atoms with van der Waals surface area (Å²) in [6, 6.07) is 0.770. The number of hydrogen-bond donors (Lipinski definition) is 1. The summed E-state index contributed by atoms with van der Waals surface area (Å²) in [5, 5.41) is 3.50. The van der Waals surface area contributed by atoms with E-state index >= 15 is 0 Å². The van der Waals surface area contributed by atoms with Crippen LogP contribution in [0, 0.1) is 5.92 Å². The third kappa shape index (κ3) is 3.25. The van der Waals surface area contributed by atoms with Gasteiger partial charge in [0.05, 0.1) is 11.2 Å². The largest absolute Gasteiger partial charge is 0.367 e. The van der Waals surface area contributed by atoms with Gasteiger partial charge in [-0.2, -0.15) is 0 Å². The molecule has 1 N–H and O–H groups in total. The molecule has 2 atom stereocenters. The van der Waals surface area contributed by atoms with Crippen LogP contribution >= 0.6 is 0 Å². The molecule has 18 heavy (non-hydrogen) atoms. The Hall–Kier alpha value is -0.120. The molecule has 0 amide bonds. The van der Waals surface area contributed by atoms with Crippen LogP contribution in [0.4, 0.5) is 0 Å². The van der Waals surface area contributed by atoms with Crippen molar-refractivity contribution in [3.8, 4) is 0 Å². The van der Waals surface area contributed by atoms with Crippen LogP contribution < -0.4 is 5.32 Å². The Labute approximate surface area is 112 Å². The highest BCUT2D eigenvalue weighted by Crippen LogP contribution is 2.37. The van der Waals surface area contributed by atoms with Crippen molar-refractivity contribution >= 4 is 0 Å². The third-order valence-electron chi connectivity index (χ3n) is 4.22. The lowest BCUT2D eigenvalue weighted by molar-refractivity contribution is -0.197. The predicted octanol–water partition coefficient (Wildman–Crippen LogP) is 2.26. The molecular formula is C15H30N2O. The molecule has 2 rings (SSSR count). The number of rotatable bonds is 4. The van der Waals surface area contributed by atoms with Crippen molar-refractivity contribution in [1.82, 2.24) is 10.2 Å². The van der Waals surface area contributed by atoms with Crippen LogP contribution in [-0.2, 0) is 4.74 Å². The van der Waals surface area contributed by atoms with E-state index in [2.05, 4.69) is 44.8 Å². The normalized spacial score (nSPS) is 35.2. The first-order chi connectivity index (χ1) is 8.33. The average Bonchev–Trinajstić information content (AvgIpc) is 2.11. The summed E-state index contributed by atoms with van der Waals surface area (Å²) in [6.07, 6.45) is 2.75. The summed E-state index contributed by atoms with van der Waals surface area (Å²) in [4.78, 5) is 2.68. The summed E-state index contributed by atoms with van der Waals surface area (Å²) in [5.41, 5.74) is -0.0276. The second-order valence-corrected chi connectivity index (χ2v) is 7.24. The molecule has 2 fully saturated rings. The van der Waals surface area contributed by atoms with Crippen LogP contribution in [0.2, 0.25) is 0 Å². The molecule has 0 aromatic heterocycles. The van der Waals surface area contributed by atoms with E-state index in [1.54, 1.807) is 0 Å². The minimum atomic E-state index is -0.0138. The van der Waals surface area contributed by atoms with Crippen molar-refractivity contribution < 1.29 is 4.74 Å². The molecule has 0 aromatic carbocycles. The van der Waals surface area contributed by atoms with Gasteiger partial charge in [0, 0.05) is 19.1 Å². The first-order valence-electron chi connectivity index (χ1n) is 7.48. The smallest absolute Gasteiger partial charge is 0.0760 e. The number of nitrogens with zero attached hydrogens (tertiary/aromatic N) is 1. The van der Waals surface area contributed by atoms with Crippen molar-refractivity contribution in [1.29, 1.82) is 0 Å². The van der Waals surface area contributed by atoms with Crippen molar-refractivity contribution in [3.05, 3.63) is 0 Å². The molecule has 106 valence electrons. The van der Waals surface area contributed by atoms with Crippen LogP contribution in [-0.4, -0.2) is 48.3 Å². The molecule has 2 unspecified atom stereocenters. The van der Waals surface area contributed by atoms with E-state index in [0.717, 1.165) is 31.6 Å². The highest BCUT2D eigenvalue weighted by Gasteiger charge is 2.44. The average molecular weight is 254 g/mol. The summed E-state index contributed by atoms with van der Waals surface area (Å²) in [6.45, 7) is 15.5. The van der Waals surface area contributed by atoms with Gasteiger partial charge in [-0.25, -0.2) is 0 Å². The lowest BCUT2D eigenvalue weighted by Crippen LogP contribution is -2.63. The first-order valence-corrected chi connectivity index (χ1v) is 7.48. The maximum absolute atomic E-state index is 6.17. The Morgan fingerprint density at radius 3 is 2.17 bits per heavy atom. The van der Waals surface area contributed by atoms with Gasteiger partial charge in [0.2, 0.25) is 0 Å². The predicted molar refractivity (Wildman–Crippen MR) is 75.9 cm³/mol. The maximum atomic E-state index is 6.17. The van der Waals surface area contributed by atoms with E-state index in [-0.39, 0.29) is 11.2 Å². The Morgan fingerprint density at radius 1 is 1.11 bits per heavy atom. The molecular weight excluding hydrogens is 224 g/mol. The highest BCUT2D eigenvalue weighted by atomic mass is 16.5. The van der Waals surface area contributed by atoms with E-state index in [4.69, 9.17) is 4.74 Å². The van der Waals surface area contributed by atoms with Gasteiger partial charge in [-0.05, 0) is 59.5 Å². The Kier molecular flexibility index (Phi) is 4.05. The van der Waals surface area contributed by atoms with Gasteiger partial charge in [0.25, 0.3) is 0 Å². The zero-order valence-corrected chi connectivity index (χ0v) is 12.8. The topological polar surface area (TPSA) is 24.5 Å². The standard InChI is InChI=1S/C15H30N2O/c1-6-16-9-12-7-8-13(12)17-10-14(2,3)18-15(4,5)11-17/h12-13,16H,6-11H2,1-5H3. The Morgan fingerprint density at radius 2 is 1.72 bits per heavy atom. The summed E-state index contributed by atoms with van der Waals surface area (Å²) < 4.78 is 6.17. The first kappa shape index (κ1) is 14.3. The van der Waals surface area contributed by atoms with Gasteiger partial charge in [0.15, 0.2) is 0 Å². The Balaban J connectivity index is 1.96. The zero-order valence-electron chi connectivity index (χ0n) is 12.8. The summed E-state index contributed by atoms with van der Waals surface area (Å²) in [5.74, 6) is 0.842. The molecule has 0 aromatic rings. The van der Waals surface area contributed by atoms with Gasteiger partial charge in [-0.3, -0.25) is 4.90 Å². The molecule has 1 aliphatic heterocycles. The van der Waals surface area contributed by atoms with Gasteiger partial charge in [-0.15, -0.1) is 0 Å². The van der Waals surface area contributed by atoms with Crippen LogP contribution in [0.5, 0.6) is 0 Å². The fraction of sp³-hybridized carbons (Fsp3) is 1.00. The van der Waals surface area contributed by atoms with Gasteiger partial charge in [-0.1, -0.05) is 6.92 Å². The van der Waals surface area contributed by atoms with Crippen molar-refractivity contribution in [2.24, 2.45) is 5.92 Å². The molecule has 0 radical (unpaired) electrons. The van der Waals surface area contributed by atoms with E-state index in [1.165, 1.54) is 19.4 Å². The van der Waals surface area contributed by atoms with Crippen LogP contribution in [0.3, 0.4) is 0 Å². The maximum Gasteiger partial charge on any atom is 0.0760 e. The van der Waals surface area contributed by atoms with Crippen LogP contribution in [0.15, 0.2) is 0 Å². The summed E-state index contributed by atoms with van der Waals surface area (Å²) in [7, 11) is 0. The SMILES string of the molecule is CCNCC1CCC1N1CC(C)(C)OC(C)(C)C1. The Bertz CT molecular complexity index is 272. The highest BCUT2D eigenvalue weighted by molar-refractivity contribution is 4.97. The van der Waals surface area contributed by atoms with E-state index in [1.807, 2.05) is 0 Å². The third-order valence-corrected chi connectivity index (χ3v) is 4.22. The molecule has 1 heterocycles. The molecule has 1 saturated heterocycles. The van der Waals surface area contributed by atoms with Crippen molar-refractivity contribution in [2.45, 2.75) is 64.7 Å². The number of nitrogens with one attached hydrogen (secondary N) is 1. The zero-order chi connectivity index (χ0) is 13.4. The minimum absolute atomic E-state index is 0.0138. The molecule has 0 bridgehead atoms. The lowest BCUT2D eigenvalue weighted by Gasteiger charge is -2.54. The number of hydrogen-bond acceptors (Lipinski definition) is 3. The molecule has 3 heteroatoms. The molecule has 1 aliphatic carbocycles. The summed E-state index contributed by atoms with van der Waals surface area (Å²) >= 11 is 0. The monoisotopic (exact) mass is 254 g/mol. The van der Waals surface area contributed by atoms with Crippen LogP contribution in [0.1, 0.15) is 47.5 Å². The van der Waals surface area contributed by atoms with Gasteiger partial charge >= 0.3 is 0 Å². The fourth-order valence-corrected chi connectivity index (χ4v) is 3.68.